The molecule has 41 heavy (non-hydrogen) atoms. The van der Waals surface area contributed by atoms with Crippen molar-refractivity contribution in [2.24, 2.45) is 0 Å². The Kier molecular flexibility index (Phi) is 9.55. The number of hydrogen-bond acceptors (Lipinski definition) is 9. The van der Waals surface area contributed by atoms with Gasteiger partial charge in [-0.25, -0.2) is 14.6 Å². The van der Waals surface area contributed by atoms with E-state index in [0.717, 1.165) is 16.7 Å². The van der Waals surface area contributed by atoms with E-state index in [2.05, 4.69) is 4.98 Å². The molecule has 0 aliphatic heterocycles. The molecule has 0 fully saturated rings. The number of rotatable bonds is 12. The quantitative estimate of drug-likeness (QED) is 0.134. The molecule has 0 saturated heterocycles. The molecule has 3 aromatic carbocycles. The fraction of sp³-hybridized carbons (Fsp3) is 0.219. The Hall–Kier alpha value is -4.89. The lowest BCUT2D eigenvalue weighted by Gasteiger charge is -2.36. The van der Waals surface area contributed by atoms with Gasteiger partial charge in [-0.05, 0) is 23.3 Å². The maximum Gasteiger partial charge on any atom is 0.356 e. The zero-order valence-corrected chi connectivity index (χ0v) is 23.3. The Labute approximate surface area is 238 Å². The first-order chi connectivity index (χ1) is 20.0. The summed E-state index contributed by atoms with van der Waals surface area (Å²) in [6, 6.07) is 28.0. The molecule has 0 bridgehead atoms. The van der Waals surface area contributed by atoms with Crippen LogP contribution in [0.5, 0.6) is 17.2 Å². The molecule has 1 aromatic heterocycles. The standard InChI is InChI=1S/C32H31NO8/c1-36-24-15-16-26(29(21-24)37-2)32(22-11-7-5-8-12-22,23-13-9-6-10-14-23)41-18-17-40-25-19-27(30(34)38-3)33-28(20-25)31(35)39-4/h5-16,19-21H,17-18H2,1-4H3. The van der Waals surface area contributed by atoms with Crippen LogP contribution < -0.4 is 14.2 Å². The summed E-state index contributed by atoms with van der Waals surface area (Å²) in [4.78, 5) is 28.3. The first kappa shape index (κ1) is 29.1. The summed E-state index contributed by atoms with van der Waals surface area (Å²) in [7, 11) is 5.65. The number of aromatic nitrogens is 1. The topological polar surface area (TPSA) is 102 Å². The molecule has 0 aliphatic rings. The number of nitrogens with zero attached hydrogens (tertiary/aromatic N) is 1. The molecule has 0 spiro atoms. The van der Waals surface area contributed by atoms with Crippen LogP contribution in [0.25, 0.3) is 0 Å². The van der Waals surface area contributed by atoms with Crippen LogP contribution in [0.2, 0.25) is 0 Å². The van der Waals surface area contributed by atoms with E-state index in [1.807, 2.05) is 78.9 Å². The average molecular weight is 558 g/mol. The van der Waals surface area contributed by atoms with Gasteiger partial charge in [0.15, 0.2) is 11.4 Å². The second-order valence-electron chi connectivity index (χ2n) is 8.73. The van der Waals surface area contributed by atoms with E-state index in [1.165, 1.54) is 26.4 Å². The average Bonchev–Trinajstić information content (AvgIpc) is 3.04. The minimum absolute atomic E-state index is 0.0745. The van der Waals surface area contributed by atoms with Gasteiger partial charge in [0.1, 0.15) is 29.5 Å². The molecule has 0 radical (unpaired) electrons. The van der Waals surface area contributed by atoms with Crippen molar-refractivity contribution in [3.05, 3.63) is 119 Å². The molecule has 4 rings (SSSR count). The number of carbonyl (C=O) groups is 2. The minimum Gasteiger partial charge on any atom is -0.497 e. The normalized spacial score (nSPS) is 10.9. The summed E-state index contributed by atoms with van der Waals surface area (Å²) < 4.78 is 33.5. The van der Waals surface area contributed by atoms with Crippen molar-refractivity contribution >= 4 is 11.9 Å². The molecule has 0 N–H and O–H groups in total. The van der Waals surface area contributed by atoms with Crippen LogP contribution in [-0.4, -0.2) is 58.6 Å². The Bertz CT molecular complexity index is 1400. The molecule has 9 nitrogen and oxygen atoms in total. The number of methoxy groups -OCH3 is 4. The number of ether oxygens (including phenoxy) is 6. The maximum absolute atomic E-state index is 12.1. The van der Waals surface area contributed by atoms with Crippen LogP contribution in [-0.2, 0) is 19.8 Å². The van der Waals surface area contributed by atoms with E-state index < -0.39 is 17.5 Å². The molecule has 0 unspecified atom stereocenters. The zero-order chi connectivity index (χ0) is 29.2. The van der Waals surface area contributed by atoms with Crippen molar-refractivity contribution in [1.82, 2.24) is 4.98 Å². The third-order valence-electron chi connectivity index (χ3n) is 6.41. The summed E-state index contributed by atoms with van der Waals surface area (Å²) in [5, 5.41) is 0. The summed E-state index contributed by atoms with van der Waals surface area (Å²) in [5.74, 6) is 0.0321. The minimum atomic E-state index is -1.09. The van der Waals surface area contributed by atoms with Crippen LogP contribution >= 0.6 is 0 Å². The lowest BCUT2D eigenvalue weighted by atomic mass is 9.79. The second-order valence-corrected chi connectivity index (χ2v) is 8.73. The van der Waals surface area contributed by atoms with Gasteiger partial charge in [0.2, 0.25) is 0 Å². The molecular weight excluding hydrogens is 526 g/mol. The molecular formula is C32H31NO8. The van der Waals surface area contributed by atoms with Crippen molar-refractivity contribution in [1.29, 1.82) is 0 Å². The van der Waals surface area contributed by atoms with Crippen LogP contribution in [0.1, 0.15) is 37.7 Å². The fourth-order valence-electron chi connectivity index (χ4n) is 4.52. The number of carbonyl (C=O) groups excluding carboxylic acids is 2. The highest BCUT2D eigenvalue weighted by Crippen LogP contribution is 2.45. The fourth-order valence-corrected chi connectivity index (χ4v) is 4.52. The lowest BCUT2D eigenvalue weighted by Crippen LogP contribution is -2.35. The smallest absolute Gasteiger partial charge is 0.356 e. The van der Waals surface area contributed by atoms with Gasteiger partial charge in [0, 0.05) is 23.8 Å². The molecule has 0 amide bonds. The van der Waals surface area contributed by atoms with Crippen LogP contribution in [0.15, 0.2) is 91.0 Å². The van der Waals surface area contributed by atoms with Gasteiger partial charge in [-0.15, -0.1) is 0 Å². The van der Waals surface area contributed by atoms with Gasteiger partial charge in [-0.3, -0.25) is 0 Å². The summed E-state index contributed by atoms with van der Waals surface area (Å²) in [5.41, 5.74) is 1.26. The van der Waals surface area contributed by atoms with E-state index in [9.17, 15) is 9.59 Å². The van der Waals surface area contributed by atoms with Gasteiger partial charge >= 0.3 is 11.9 Å². The molecule has 1 heterocycles. The van der Waals surface area contributed by atoms with Crippen LogP contribution in [0.4, 0.5) is 0 Å². The number of esters is 2. The summed E-state index contributed by atoms with van der Waals surface area (Å²) in [6.45, 7) is 0.188. The van der Waals surface area contributed by atoms with E-state index in [4.69, 9.17) is 28.4 Å². The molecule has 0 aliphatic carbocycles. The van der Waals surface area contributed by atoms with Crippen molar-refractivity contribution in [2.75, 3.05) is 41.7 Å². The Balaban J connectivity index is 1.72. The zero-order valence-electron chi connectivity index (χ0n) is 23.3. The van der Waals surface area contributed by atoms with E-state index in [0.29, 0.717) is 11.5 Å². The van der Waals surface area contributed by atoms with Gasteiger partial charge < -0.3 is 28.4 Å². The molecule has 4 aromatic rings. The SMILES string of the molecule is COC(=O)c1cc(OCCOC(c2ccccc2)(c2ccccc2)c2ccc(OC)cc2OC)cc(C(=O)OC)n1. The van der Waals surface area contributed by atoms with Crippen molar-refractivity contribution in [2.45, 2.75) is 5.60 Å². The second kappa shape index (κ2) is 13.5. The first-order valence-electron chi connectivity index (χ1n) is 12.8. The van der Waals surface area contributed by atoms with E-state index in [1.54, 1.807) is 14.2 Å². The lowest BCUT2D eigenvalue weighted by molar-refractivity contribution is -0.00379. The van der Waals surface area contributed by atoms with Crippen molar-refractivity contribution < 1.29 is 38.0 Å². The van der Waals surface area contributed by atoms with Gasteiger partial charge in [-0.2, -0.15) is 0 Å². The van der Waals surface area contributed by atoms with Crippen LogP contribution in [0, 0.1) is 0 Å². The van der Waals surface area contributed by atoms with Gasteiger partial charge in [-0.1, -0.05) is 60.7 Å². The van der Waals surface area contributed by atoms with Crippen LogP contribution in [0.3, 0.4) is 0 Å². The molecule has 9 heteroatoms. The number of hydrogen-bond donors (Lipinski definition) is 0. The van der Waals surface area contributed by atoms with Crippen molar-refractivity contribution in [3.8, 4) is 17.2 Å². The summed E-state index contributed by atoms with van der Waals surface area (Å²) >= 11 is 0. The molecule has 0 atom stereocenters. The van der Waals surface area contributed by atoms with Gasteiger partial charge in [0.25, 0.3) is 0 Å². The highest BCUT2D eigenvalue weighted by molar-refractivity contribution is 5.92. The Morgan fingerprint density at radius 2 is 1.22 bits per heavy atom. The highest BCUT2D eigenvalue weighted by Gasteiger charge is 2.40. The third kappa shape index (κ3) is 6.31. The molecule has 212 valence electrons. The van der Waals surface area contributed by atoms with Gasteiger partial charge in [0.05, 0.1) is 35.0 Å². The monoisotopic (exact) mass is 557 g/mol. The highest BCUT2D eigenvalue weighted by atomic mass is 16.5. The Morgan fingerprint density at radius 3 is 1.71 bits per heavy atom. The van der Waals surface area contributed by atoms with E-state index >= 15 is 0 Å². The molecule has 0 saturated carbocycles. The Morgan fingerprint density at radius 1 is 0.659 bits per heavy atom. The summed E-state index contributed by atoms with van der Waals surface area (Å²) in [6.07, 6.45) is 0. The predicted molar refractivity (Wildman–Crippen MR) is 151 cm³/mol. The predicted octanol–water partition coefficient (Wildman–Crippen LogP) is 5.06. The third-order valence-corrected chi connectivity index (χ3v) is 6.41. The number of pyridine rings is 1. The largest absolute Gasteiger partial charge is 0.497 e. The first-order valence-corrected chi connectivity index (χ1v) is 12.8. The maximum atomic E-state index is 12.1. The van der Waals surface area contributed by atoms with Crippen molar-refractivity contribution in [3.63, 3.8) is 0 Å². The van der Waals surface area contributed by atoms with E-state index in [-0.39, 0.29) is 30.4 Å². The number of benzene rings is 3.